The van der Waals surface area contributed by atoms with Crippen molar-refractivity contribution < 1.29 is 9.90 Å². The van der Waals surface area contributed by atoms with E-state index in [1.807, 2.05) is 36.4 Å². The van der Waals surface area contributed by atoms with Crippen LogP contribution in [0.1, 0.15) is 24.7 Å². The summed E-state index contributed by atoms with van der Waals surface area (Å²) in [6, 6.07) is 15.7. The van der Waals surface area contributed by atoms with E-state index in [1.54, 1.807) is 6.20 Å². The molecule has 4 rings (SSSR count). The standard InChI is InChI=1S/C20H18ClN3O2/c21-16-9-7-14(8-10-16)13-3-5-15(6-4-13)17-12-22-19(23-17)18-2-1-11-24(18)20(25)26/h3-10,12,18H,1-2,11H2,(H,22,23)(H,25,26). The van der Waals surface area contributed by atoms with E-state index in [0.29, 0.717) is 12.4 Å². The summed E-state index contributed by atoms with van der Waals surface area (Å²) in [5.74, 6) is 0.710. The number of hydrogen-bond acceptors (Lipinski definition) is 2. The molecule has 6 heteroatoms. The average molecular weight is 368 g/mol. The number of rotatable bonds is 3. The number of amides is 1. The topological polar surface area (TPSA) is 69.2 Å². The van der Waals surface area contributed by atoms with Gasteiger partial charge in [0.1, 0.15) is 5.82 Å². The number of hydrogen-bond donors (Lipinski definition) is 2. The van der Waals surface area contributed by atoms with Crippen LogP contribution >= 0.6 is 11.6 Å². The number of nitrogens with zero attached hydrogens (tertiary/aromatic N) is 2. The molecule has 3 aromatic rings. The van der Waals surface area contributed by atoms with Gasteiger partial charge in [-0.3, -0.25) is 4.90 Å². The van der Waals surface area contributed by atoms with Crippen LogP contribution in [0, 0.1) is 0 Å². The third-order valence-electron chi connectivity index (χ3n) is 4.78. The average Bonchev–Trinajstić information content (AvgIpc) is 3.32. The number of H-pyrrole nitrogens is 1. The molecule has 1 aromatic heterocycles. The van der Waals surface area contributed by atoms with Crippen molar-refractivity contribution in [2.45, 2.75) is 18.9 Å². The normalized spacial score (nSPS) is 16.8. The number of likely N-dealkylation sites (tertiary alicyclic amines) is 1. The molecule has 26 heavy (non-hydrogen) atoms. The molecule has 132 valence electrons. The molecule has 1 aliphatic heterocycles. The summed E-state index contributed by atoms with van der Waals surface area (Å²) in [7, 11) is 0. The number of aromatic amines is 1. The lowest BCUT2D eigenvalue weighted by Gasteiger charge is -2.19. The van der Waals surface area contributed by atoms with Gasteiger partial charge in [-0.2, -0.15) is 0 Å². The predicted molar refractivity (Wildman–Crippen MR) is 101 cm³/mol. The zero-order valence-corrected chi connectivity index (χ0v) is 14.8. The summed E-state index contributed by atoms with van der Waals surface area (Å²) >= 11 is 5.94. The Hall–Kier alpha value is -2.79. The minimum atomic E-state index is -0.891. The molecule has 1 fully saturated rings. The van der Waals surface area contributed by atoms with Crippen LogP contribution in [-0.4, -0.2) is 32.6 Å². The van der Waals surface area contributed by atoms with Gasteiger partial charge >= 0.3 is 6.09 Å². The Morgan fingerprint density at radius 1 is 1.08 bits per heavy atom. The Kier molecular flexibility index (Phi) is 4.39. The highest BCUT2D eigenvalue weighted by molar-refractivity contribution is 6.30. The molecule has 5 nitrogen and oxygen atoms in total. The van der Waals surface area contributed by atoms with E-state index >= 15 is 0 Å². The first-order chi connectivity index (χ1) is 12.6. The molecule has 1 unspecified atom stereocenters. The van der Waals surface area contributed by atoms with Gasteiger partial charge in [0.05, 0.1) is 17.9 Å². The molecule has 0 bridgehead atoms. The number of aromatic nitrogens is 2. The highest BCUT2D eigenvalue weighted by Crippen LogP contribution is 2.32. The summed E-state index contributed by atoms with van der Waals surface area (Å²) in [5.41, 5.74) is 4.12. The minimum Gasteiger partial charge on any atom is -0.465 e. The Bertz CT molecular complexity index is 919. The van der Waals surface area contributed by atoms with Crippen molar-refractivity contribution in [3.8, 4) is 22.4 Å². The smallest absolute Gasteiger partial charge is 0.407 e. The lowest BCUT2D eigenvalue weighted by molar-refractivity contribution is 0.139. The van der Waals surface area contributed by atoms with Crippen LogP contribution in [0.3, 0.4) is 0 Å². The molecule has 1 atom stereocenters. The molecule has 2 aromatic carbocycles. The summed E-state index contributed by atoms with van der Waals surface area (Å²) in [6.07, 6.45) is 2.54. The van der Waals surface area contributed by atoms with Crippen molar-refractivity contribution in [3.05, 3.63) is 65.6 Å². The second-order valence-corrected chi connectivity index (χ2v) is 6.84. The van der Waals surface area contributed by atoms with Crippen LogP contribution in [0.25, 0.3) is 22.4 Å². The van der Waals surface area contributed by atoms with Gasteiger partial charge in [-0.1, -0.05) is 48.0 Å². The first-order valence-corrected chi connectivity index (χ1v) is 8.90. The van der Waals surface area contributed by atoms with Gasteiger partial charge in [-0.15, -0.1) is 0 Å². The van der Waals surface area contributed by atoms with Gasteiger partial charge in [0.2, 0.25) is 0 Å². The number of benzene rings is 2. The molecule has 0 spiro atoms. The first kappa shape index (κ1) is 16.7. The van der Waals surface area contributed by atoms with Gasteiger partial charge in [0, 0.05) is 11.6 Å². The molecular formula is C20H18ClN3O2. The minimum absolute atomic E-state index is 0.186. The molecule has 1 saturated heterocycles. The monoisotopic (exact) mass is 367 g/mol. The maximum Gasteiger partial charge on any atom is 0.407 e. The number of carboxylic acid groups (broad SMARTS) is 1. The molecule has 0 radical (unpaired) electrons. The number of halogens is 1. The van der Waals surface area contributed by atoms with E-state index in [4.69, 9.17) is 11.6 Å². The zero-order valence-electron chi connectivity index (χ0n) is 14.0. The quantitative estimate of drug-likeness (QED) is 0.667. The largest absolute Gasteiger partial charge is 0.465 e. The van der Waals surface area contributed by atoms with E-state index in [1.165, 1.54) is 4.90 Å². The molecule has 0 saturated carbocycles. The van der Waals surface area contributed by atoms with Gasteiger partial charge in [0.25, 0.3) is 0 Å². The SMILES string of the molecule is O=C(O)N1CCCC1c1ncc(-c2ccc(-c3ccc(Cl)cc3)cc2)[nH]1. The Balaban J connectivity index is 1.56. The van der Waals surface area contributed by atoms with Gasteiger partial charge < -0.3 is 10.1 Å². The fourth-order valence-corrected chi connectivity index (χ4v) is 3.54. The third-order valence-corrected chi connectivity index (χ3v) is 5.04. The lowest BCUT2D eigenvalue weighted by atomic mass is 10.0. The Morgan fingerprint density at radius 3 is 2.35 bits per heavy atom. The van der Waals surface area contributed by atoms with E-state index < -0.39 is 6.09 Å². The van der Waals surface area contributed by atoms with Gasteiger partial charge in [-0.25, -0.2) is 9.78 Å². The second kappa shape index (κ2) is 6.84. The van der Waals surface area contributed by atoms with Crippen LogP contribution in [0.2, 0.25) is 5.02 Å². The highest BCUT2D eigenvalue weighted by atomic mass is 35.5. The molecule has 2 heterocycles. The van der Waals surface area contributed by atoms with Crippen LogP contribution in [-0.2, 0) is 0 Å². The van der Waals surface area contributed by atoms with Crippen molar-refractivity contribution in [3.63, 3.8) is 0 Å². The molecule has 0 aliphatic carbocycles. The lowest BCUT2D eigenvalue weighted by Crippen LogP contribution is -2.29. The molecular weight excluding hydrogens is 350 g/mol. The van der Waals surface area contributed by atoms with E-state index in [-0.39, 0.29) is 6.04 Å². The zero-order chi connectivity index (χ0) is 18.1. The van der Waals surface area contributed by atoms with Crippen molar-refractivity contribution in [2.24, 2.45) is 0 Å². The predicted octanol–water partition coefficient (Wildman–Crippen LogP) is 5.21. The molecule has 1 amide bonds. The Labute approximate surface area is 156 Å². The summed E-state index contributed by atoms with van der Waals surface area (Å²) < 4.78 is 0. The van der Waals surface area contributed by atoms with E-state index in [9.17, 15) is 9.90 Å². The number of carbonyl (C=O) groups is 1. The van der Waals surface area contributed by atoms with Crippen molar-refractivity contribution in [1.82, 2.24) is 14.9 Å². The maximum atomic E-state index is 11.3. The summed E-state index contributed by atoms with van der Waals surface area (Å²) in [5, 5.41) is 10.0. The summed E-state index contributed by atoms with van der Waals surface area (Å²) in [4.78, 5) is 20.5. The third kappa shape index (κ3) is 3.18. The van der Waals surface area contributed by atoms with Crippen molar-refractivity contribution in [1.29, 1.82) is 0 Å². The fourth-order valence-electron chi connectivity index (χ4n) is 3.42. The summed E-state index contributed by atoms with van der Waals surface area (Å²) in [6.45, 7) is 0.561. The number of nitrogens with one attached hydrogen (secondary N) is 1. The fraction of sp³-hybridized carbons (Fsp3) is 0.200. The van der Waals surface area contributed by atoms with Crippen LogP contribution in [0.15, 0.2) is 54.7 Å². The van der Waals surface area contributed by atoms with Crippen molar-refractivity contribution in [2.75, 3.05) is 6.54 Å². The Morgan fingerprint density at radius 2 is 1.69 bits per heavy atom. The second-order valence-electron chi connectivity index (χ2n) is 6.40. The van der Waals surface area contributed by atoms with Crippen LogP contribution in [0.5, 0.6) is 0 Å². The van der Waals surface area contributed by atoms with Crippen molar-refractivity contribution >= 4 is 17.7 Å². The van der Waals surface area contributed by atoms with Crippen LogP contribution in [0.4, 0.5) is 4.79 Å². The van der Waals surface area contributed by atoms with Gasteiger partial charge in [0.15, 0.2) is 0 Å². The molecule has 1 aliphatic rings. The maximum absolute atomic E-state index is 11.3. The highest BCUT2D eigenvalue weighted by Gasteiger charge is 2.31. The van der Waals surface area contributed by atoms with Gasteiger partial charge in [-0.05, 0) is 41.7 Å². The van der Waals surface area contributed by atoms with E-state index in [2.05, 4.69) is 22.1 Å². The van der Waals surface area contributed by atoms with E-state index in [0.717, 1.165) is 40.2 Å². The van der Waals surface area contributed by atoms with Crippen LogP contribution < -0.4 is 0 Å². The first-order valence-electron chi connectivity index (χ1n) is 8.52. The molecule has 2 N–H and O–H groups in total. The number of imidazole rings is 1.